The van der Waals surface area contributed by atoms with Gasteiger partial charge < -0.3 is 0 Å². The molecule has 0 saturated heterocycles. The Hall–Kier alpha value is -1.56. The molecule has 1 aromatic rings. The third-order valence-electron chi connectivity index (χ3n) is 4.35. The maximum atomic E-state index is 2.37. The fourth-order valence-corrected chi connectivity index (χ4v) is 3.18. The summed E-state index contributed by atoms with van der Waals surface area (Å²) in [6.45, 7) is 6.68. The lowest BCUT2D eigenvalue weighted by molar-refractivity contribution is 0.486. The van der Waals surface area contributed by atoms with E-state index >= 15 is 0 Å². The Balaban J connectivity index is 2.36. The summed E-state index contributed by atoms with van der Waals surface area (Å²) in [6.07, 6.45) is 14.6. The van der Waals surface area contributed by atoms with Gasteiger partial charge in [0.05, 0.1) is 0 Å². The van der Waals surface area contributed by atoms with Crippen LogP contribution < -0.4 is 0 Å². The second kappa shape index (κ2) is 6.06. The average Bonchev–Trinajstić information content (AvgIpc) is 2.77. The van der Waals surface area contributed by atoms with Gasteiger partial charge in [0.15, 0.2) is 0 Å². The van der Waals surface area contributed by atoms with E-state index in [1.807, 2.05) is 0 Å². The fourth-order valence-electron chi connectivity index (χ4n) is 3.18. The lowest BCUT2D eigenvalue weighted by atomic mass is 9.73. The van der Waals surface area contributed by atoms with Gasteiger partial charge in [-0.3, -0.25) is 0 Å². The molecule has 2 rings (SSSR count). The highest BCUT2D eigenvalue weighted by Gasteiger charge is 2.36. The van der Waals surface area contributed by atoms with Gasteiger partial charge >= 0.3 is 0 Å². The highest BCUT2D eigenvalue weighted by molar-refractivity contribution is 5.72. The predicted octanol–water partition coefficient (Wildman–Crippen LogP) is 5.66. The summed E-state index contributed by atoms with van der Waals surface area (Å²) in [6, 6.07) is 8.84. The minimum Gasteiger partial charge on any atom is -0.0914 e. The summed E-state index contributed by atoms with van der Waals surface area (Å²) in [5.41, 5.74) is 4.61. The predicted molar refractivity (Wildman–Crippen MR) is 85.3 cm³/mol. The molecule has 0 aromatic heterocycles. The molecule has 1 aliphatic carbocycles. The van der Waals surface area contributed by atoms with Crippen molar-refractivity contribution in [2.75, 3.05) is 0 Å². The van der Waals surface area contributed by atoms with Crippen LogP contribution >= 0.6 is 0 Å². The van der Waals surface area contributed by atoms with E-state index in [0.29, 0.717) is 0 Å². The summed E-state index contributed by atoms with van der Waals surface area (Å²) in [7, 11) is 0. The first-order valence-corrected chi connectivity index (χ1v) is 7.38. The molecule has 0 fully saturated rings. The number of benzene rings is 1. The molecule has 0 nitrogen and oxygen atoms in total. The van der Waals surface area contributed by atoms with Gasteiger partial charge in [-0.2, -0.15) is 0 Å². The molecule has 1 aromatic carbocycles. The molecule has 0 N–H and O–H groups in total. The fraction of sp³-hybridized carbons (Fsp3) is 0.368. The zero-order valence-corrected chi connectivity index (χ0v) is 12.3. The second-order valence-corrected chi connectivity index (χ2v) is 5.18. The molecule has 0 bridgehead atoms. The molecule has 19 heavy (non-hydrogen) atoms. The van der Waals surface area contributed by atoms with E-state index in [9.17, 15) is 0 Å². The summed E-state index contributed by atoms with van der Waals surface area (Å²) in [5.74, 6) is 0. The summed E-state index contributed by atoms with van der Waals surface area (Å²) in [4.78, 5) is 0. The van der Waals surface area contributed by atoms with Gasteiger partial charge in [0.1, 0.15) is 0 Å². The minimum atomic E-state index is 0.225. The molecule has 0 amide bonds. The molecule has 0 atom stereocenters. The molecule has 0 unspecified atom stereocenters. The topological polar surface area (TPSA) is 0 Å². The van der Waals surface area contributed by atoms with Crippen molar-refractivity contribution in [3.8, 4) is 0 Å². The maximum absolute atomic E-state index is 2.37. The summed E-state index contributed by atoms with van der Waals surface area (Å²) >= 11 is 0. The molecule has 0 spiro atoms. The SMILES string of the molecule is CC=CCC=CC1=Cc2ccccc2C1(CC)CC. The number of fused-ring (bicyclic) bond motifs is 1. The number of rotatable bonds is 5. The average molecular weight is 252 g/mol. The van der Waals surface area contributed by atoms with Gasteiger partial charge in [-0.25, -0.2) is 0 Å². The molecule has 0 aliphatic heterocycles. The van der Waals surface area contributed by atoms with Gasteiger partial charge in [-0.15, -0.1) is 0 Å². The van der Waals surface area contributed by atoms with E-state index in [4.69, 9.17) is 0 Å². The molecule has 0 heterocycles. The lowest BCUT2D eigenvalue weighted by Gasteiger charge is -2.30. The molecule has 0 saturated carbocycles. The van der Waals surface area contributed by atoms with Crippen LogP contribution in [-0.2, 0) is 5.41 Å². The van der Waals surface area contributed by atoms with Crippen molar-refractivity contribution in [1.29, 1.82) is 0 Å². The van der Waals surface area contributed by atoms with Crippen LogP contribution in [0.1, 0.15) is 51.2 Å². The summed E-state index contributed by atoms with van der Waals surface area (Å²) < 4.78 is 0. The van der Waals surface area contributed by atoms with Gasteiger partial charge in [-0.1, -0.05) is 68.5 Å². The zero-order valence-electron chi connectivity index (χ0n) is 12.3. The Morgan fingerprint density at radius 1 is 1.05 bits per heavy atom. The molecule has 100 valence electrons. The second-order valence-electron chi connectivity index (χ2n) is 5.18. The molecule has 0 radical (unpaired) electrons. The molecule has 1 aliphatic rings. The zero-order chi connectivity index (χ0) is 13.7. The molecule has 0 heteroatoms. The van der Waals surface area contributed by atoms with Crippen LogP contribution in [0.25, 0.3) is 6.08 Å². The van der Waals surface area contributed by atoms with Crippen molar-refractivity contribution >= 4 is 6.08 Å². The van der Waals surface area contributed by atoms with Gasteiger partial charge in [-0.05, 0) is 42.9 Å². The van der Waals surface area contributed by atoms with Gasteiger partial charge in [0.2, 0.25) is 0 Å². The van der Waals surface area contributed by atoms with Crippen molar-refractivity contribution in [1.82, 2.24) is 0 Å². The van der Waals surface area contributed by atoms with E-state index in [0.717, 1.165) is 6.42 Å². The van der Waals surface area contributed by atoms with Gasteiger partial charge in [0.25, 0.3) is 0 Å². The van der Waals surface area contributed by atoms with Crippen LogP contribution in [0, 0.1) is 0 Å². The Bertz CT molecular complexity index is 511. The van der Waals surface area contributed by atoms with Crippen molar-refractivity contribution in [3.63, 3.8) is 0 Å². The van der Waals surface area contributed by atoms with Crippen LogP contribution in [0.15, 0.2) is 54.1 Å². The summed E-state index contributed by atoms with van der Waals surface area (Å²) in [5, 5.41) is 0. The molecular formula is C19H24. The number of hydrogen-bond donors (Lipinski definition) is 0. The minimum absolute atomic E-state index is 0.225. The van der Waals surface area contributed by atoms with Crippen molar-refractivity contribution in [2.45, 2.75) is 45.4 Å². The first kappa shape index (κ1) is 13.9. The third kappa shape index (κ3) is 2.45. The van der Waals surface area contributed by atoms with Crippen molar-refractivity contribution in [2.24, 2.45) is 0 Å². The van der Waals surface area contributed by atoms with E-state index in [1.165, 1.54) is 29.5 Å². The highest BCUT2D eigenvalue weighted by Crippen LogP contribution is 2.47. The van der Waals surface area contributed by atoms with Crippen molar-refractivity contribution in [3.05, 3.63) is 65.3 Å². The largest absolute Gasteiger partial charge is 0.0914 e. The highest BCUT2D eigenvalue weighted by atomic mass is 14.4. The Morgan fingerprint density at radius 3 is 2.47 bits per heavy atom. The number of hydrogen-bond acceptors (Lipinski definition) is 0. The Kier molecular flexibility index (Phi) is 4.42. The smallest absolute Gasteiger partial charge is 0.0203 e. The van der Waals surface area contributed by atoms with E-state index < -0.39 is 0 Å². The first-order valence-electron chi connectivity index (χ1n) is 7.38. The molecular weight excluding hydrogens is 228 g/mol. The van der Waals surface area contributed by atoms with Crippen LogP contribution in [-0.4, -0.2) is 0 Å². The van der Waals surface area contributed by atoms with Crippen molar-refractivity contribution < 1.29 is 0 Å². The first-order chi connectivity index (χ1) is 9.28. The van der Waals surface area contributed by atoms with E-state index in [2.05, 4.69) is 75.4 Å². The monoisotopic (exact) mass is 252 g/mol. The Labute approximate surface area is 117 Å². The lowest BCUT2D eigenvalue weighted by Crippen LogP contribution is -2.23. The normalized spacial score (nSPS) is 17.1. The van der Waals surface area contributed by atoms with Crippen LogP contribution in [0.4, 0.5) is 0 Å². The van der Waals surface area contributed by atoms with E-state index in [1.54, 1.807) is 0 Å². The van der Waals surface area contributed by atoms with Crippen LogP contribution in [0.5, 0.6) is 0 Å². The standard InChI is InChI=1S/C19H24/c1-4-7-8-9-13-17-15-16-12-10-11-14-18(16)19(17,5-2)6-3/h4,7,9-15H,5-6,8H2,1-3H3. The maximum Gasteiger partial charge on any atom is 0.0203 e. The Morgan fingerprint density at radius 2 is 1.79 bits per heavy atom. The van der Waals surface area contributed by atoms with Crippen LogP contribution in [0.2, 0.25) is 0 Å². The third-order valence-corrected chi connectivity index (χ3v) is 4.35. The number of allylic oxidation sites excluding steroid dienone is 5. The quantitative estimate of drug-likeness (QED) is 0.593. The van der Waals surface area contributed by atoms with Gasteiger partial charge in [0, 0.05) is 5.41 Å². The van der Waals surface area contributed by atoms with E-state index in [-0.39, 0.29) is 5.41 Å². The van der Waals surface area contributed by atoms with Crippen LogP contribution in [0.3, 0.4) is 0 Å².